The number of ether oxygens (including phenoxy) is 3. The summed E-state index contributed by atoms with van der Waals surface area (Å²) in [5.74, 6) is 0.271. The second-order valence-corrected chi connectivity index (χ2v) is 6.57. The second-order valence-electron chi connectivity index (χ2n) is 5.59. The molecule has 1 aromatic carbocycles. The van der Waals surface area contributed by atoms with Crippen molar-refractivity contribution in [2.45, 2.75) is 19.9 Å². The molecule has 6 nitrogen and oxygen atoms in total. The van der Waals surface area contributed by atoms with E-state index < -0.39 is 5.97 Å². The molecular weight excluding hydrogens is 366 g/mol. The Kier molecular flexibility index (Phi) is 7.88. The molecule has 0 aliphatic heterocycles. The summed E-state index contributed by atoms with van der Waals surface area (Å²) < 4.78 is 15.7. The first kappa shape index (κ1) is 20.5. The van der Waals surface area contributed by atoms with Crippen molar-refractivity contribution >= 4 is 29.3 Å². The summed E-state index contributed by atoms with van der Waals surface area (Å²) >= 11 is 1.56. The van der Waals surface area contributed by atoms with Crippen molar-refractivity contribution in [2.24, 2.45) is 0 Å². The van der Waals surface area contributed by atoms with Crippen molar-refractivity contribution < 1.29 is 23.8 Å². The van der Waals surface area contributed by atoms with Crippen LogP contribution in [0.1, 0.15) is 30.3 Å². The minimum atomic E-state index is -0.596. The molecule has 1 N–H and O–H groups in total. The third-order valence-electron chi connectivity index (χ3n) is 3.59. The third kappa shape index (κ3) is 6.45. The van der Waals surface area contributed by atoms with E-state index in [9.17, 15) is 9.59 Å². The van der Waals surface area contributed by atoms with Gasteiger partial charge < -0.3 is 19.5 Å². The van der Waals surface area contributed by atoms with Gasteiger partial charge in [-0.2, -0.15) is 0 Å². The minimum absolute atomic E-state index is 0.122. The molecule has 2 rings (SSSR count). The molecule has 0 spiro atoms. The zero-order valence-corrected chi connectivity index (χ0v) is 16.4. The van der Waals surface area contributed by atoms with Gasteiger partial charge in [0.05, 0.1) is 19.8 Å². The van der Waals surface area contributed by atoms with Crippen LogP contribution in [-0.4, -0.2) is 32.2 Å². The molecule has 0 bridgehead atoms. The normalized spacial score (nSPS) is 11.8. The van der Waals surface area contributed by atoms with Gasteiger partial charge in [0, 0.05) is 11.0 Å². The van der Waals surface area contributed by atoms with Gasteiger partial charge in [-0.05, 0) is 49.1 Å². The molecule has 0 fully saturated rings. The number of esters is 1. The average molecular weight is 389 g/mol. The largest absolute Gasteiger partial charge is 0.493 e. The van der Waals surface area contributed by atoms with Gasteiger partial charge >= 0.3 is 5.97 Å². The number of hydrogen-bond donors (Lipinski definition) is 1. The van der Waals surface area contributed by atoms with Gasteiger partial charge in [0.2, 0.25) is 0 Å². The molecule has 1 atom stereocenters. The van der Waals surface area contributed by atoms with Crippen LogP contribution in [0, 0.1) is 0 Å². The van der Waals surface area contributed by atoms with Gasteiger partial charge in [-0.25, -0.2) is 4.79 Å². The van der Waals surface area contributed by atoms with Gasteiger partial charge in [0.25, 0.3) is 5.91 Å². The van der Waals surface area contributed by atoms with Gasteiger partial charge in [0.1, 0.15) is 0 Å². The molecule has 2 aromatic rings. The maximum Gasteiger partial charge on any atom is 0.331 e. The lowest BCUT2D eigenvalue weighted by Gasteiger charge is -2.11. The monoisotopic (exact) mass is 389 g/mol. The van der Waals surface area contributed by atoms with Crippen LogP contribution in [0.25, 0.3) is 6.08 Å². The molecule has 0 saturated carbocycles. The van der Waals surface area contributed by atoms with E-state index in [1.165, 1.54) is 6.08 Å². The van der Waals surface area contributed by atoms with Crippen molar-refractivity contribution in [1.82, 2.24) is 5.32 Å². The van der Waals surface area contributed by atoms with E-state index in [1.807, 2.05) is 31.4 Å². The van der Waals surface area contributed by atoms with Crippen LogP contribution >= 0.6 is 11.3 Å². The first-order valence-electron chi connectivity index (χ1n) is 8.52. The van der Waals surface area contributed by atoms with Crippen LogP contribution in [0.15, 0.2) is 41.8 Å². The van der Waals surface area contributed by atoms with E-state index in [-0.39, 0.29) is 18.6 Å². The van der Waals surface area contributed by atoms with E-state index in [0.29, 0.717) is 18.1 Å². The first-order chi connectivity index (χ1) is 13.0. The zero-order chi connectivity index (χ0) is 19.6. The van der Waals surface area contributed by atoms with Gasteiger partial charge in [0.15, 0.2) is 18.1 Å². The number of carbonyl (C=O) groups is 2. The molecule has 27 heavy (non-hydrogen) atoms. The molecule has 0 saturated heterocycles. The number of rotatable bonds is 9. The number of amides is 1. The molecule has 1 amide bonds. The number of nitrogens with one attached hydrogen (secondary N) is 1. The Bertz CT molecular complexity index is 786. The predicted molar refractivity (Wildman–Crippen MR) is 105 cm³/mol. The maximum atomic E-state index is 11.9. The van der Waals surface area contributed by atoms with E-state index >= 15 is 0 Å². The number of carbonyl (C=O) groups excluding carboxylic acids is 2. The summed E-state index contributed by atoms with van der Waals surface area (Å²) in [6.45, 7) is 3.97. The molecule has 0 radical (unpaired) electrons. The number of thiophene rings is 1. The predicted octanol–water partition coefficient (Wildman–Crippen LogP) is 3.59. The van der Waals surface area contributed by atoms with E-state index in [1.54, 1.807) is 42.7 Å². The lowest BCUT2D eigenvalue weighted by atomic mass is 10.2. The van der Waals surface area contributed by atoms with Crippen LogP contribution < -0.4 is 14.8 Å². The van der Waals surface area contributed by atoms with Gasteiger partial charge in [-0.1, -0.05) is 12.1 Å². The quantitative estimate of drug-likeness (QED) is 0.524. The Labute approximate surface area is 162 Å². The molecular formula is C20H23NO5S. The molecule has 1 aromatic heterocycles. The number of hydrogen-bond acceptors (Lipinski definition) is 6. The summed E-state index contributed by atoms with van der Waals surface area (Å²) in [5, 5.41) is 4.73. The van der Waals surface area contributed by atoms with Crippen molar-refractivity contribution in [3.05, 3.63) is 52.2 Å². The Morgan fingerprint density at radius 2 is 2.07 bits per heavy atom. The highest BCUT2D eigenvalue weighted by molar-refractivity contribution is 7.10. The number of benzene rings is 1. The highest BCUT2D eigenvalue weighted by atomic mass is 32.1. The van der Waals surface area contributed by atoms with Crippen LogP contribution in [0.4, 0.5) is 0 Å². The van der Waals surface area contributed by atoms with Crippen molar-refractivity contribution in [3.8, 4) is 11.5 Å². The SMILES string of the molecule is CCOc1ccc(/C=C/C(=O)OCC(=O)N[C@@H](C)c2cccs2)cc1OC. The zero-order valence-electron chi connectivity index (χ0n) is 15.6. The van der Waals surface area contributed by atoms with Crippen LogP contribution in [-0.2, 0) is 14.3 Å². The van der Waals surface area contributed by atoms with Gasteiger partial charge in [-0.3, -0.25) is 4.79 Å². The summed E-state index contributed by atoms with van der Waals surface area (Å²) in [7, 11) is 1.55. The molecule has 0 unspecified atom stereocenters. The molecule has 1 heterocycles. The Morgan fingerprint density at radius 3 is 2.74 bits per heavy atom. The Morgan fingerprint density at radius 1 is 1.26 bits per heavy atom. The maximum absolute atomic E-state index is 11.9. The highest BCUT2D eigenvalue weighted by Gasteiger charge is 2.11. The summed E-state index contributed by atoms with van der Waals surface area (Å²) in [5.41, 5.74) is 0.753. The topological polar surface area (TPSA) is 73.9 Å². The molecule has 144 valence electrons. The summed E-state index contributed by atoms with van der Waals surface area (Å²) in [6.07, 6.45) is 2.86. The van der Waals surface area contributed by atoms with Crippen molar-refractivity contribution in [3.63, 3.8) is 0 Å². The third-order valence-corrected chi connectivity index (χ3v) is 4.65. The Balaban J connectivity index is 1.83. The molecule has 0 aliphatic rings. The fourth-order valence-electron chi connectivity index (χ4n) is 2.30. The molecule has 7 heteroatoms. The first-order valence-corrected chi connectivity index (χ1v) is 9.40. The van der Waals surface area contributed by atoms with Crippen LogP contribution in [0.3, 0.4) is 0 Å². The fraction of sp³-hybridized carbons (Fsp3) is 0.300. The second kappa shape index (κ2) is 10.4. The van der Waals surface area contributed by atoms with Gasteiger partial charge in [-0.15, -0.1) is 11.3 Å². The Hall–Kier alpha value is -2.80. The van der Waals surface area contributed by atoms with Crippen LogP contribution in [0.2, 0.25) is 0 Å². The van der Waals surface area contributed by atoms with E-state index in [0.717, 1.165) is 10.4 Å². The lowest BCUT2D eigenvalue weighted by Crippen LogP contribution is -2.30. The fourth-order valence-corrected chi connectivity index (χ4v) is 3.04. The lowest BCUT2D eigenvalue weighted by molar-refractivity contribution is -0.144. The highest BCUT2D eigenvalue weighted by Crippen LogP contribution is 2.28. The van der Waals surface area contributed by atoms with Crippen molar-refractivity contribution in [1.29, 1.82) is 0 Å². The van der Waals surface area contributed by atoms with Crippen LogP contribution in [0.5, 0.6) is 11.5 Å². The van der Waals surface area contributed by atoms with E-state index in [4.69, 9.17) is 14.2 Å². The smallest absolute Gasteiger partial charge is 0.331 e. The standard InChI is InChI=1S/C20H23NO5S/c1-4-25-16-9-7-15(12-17(16)24-3)8-10-20(23)26-13-19(22)21-14(2)18-6-5-11-27-18/h5-12,14H,4,13H2,1-3H3,(H,21,22)/b10-8+/t14-/m0/s1. The van der Waals surface area contributed by atoms with Crippen molar-refractivity contribution in [2.75, 3.05) is 20.3 Å². The molecule has 0 aliphatic carbocycles. The average Bonchev–Trinajstić information content (AvgIpc) is 3.20. The minimum Gasteiger partial charge on any atom is -0.493 e. The number of methoxy groups -OCH3 is 1. The van der Waals surface area contributed by atoms with E-state index in [2.05, 4.69) is 5.32 Å². The summed E-state index contributed by atoms with van der Waals surface area (Å²) in [4.78, 5) is 24.7. The summed E-state index contributed by atoms with van der Waals surface area (Å²) in [6, 6.07) is 9.06.